The first kappa shape index (κ1) is 26.7. The first-order valence-corrected chi connectivity index (χ1v) is 10.7. The second-order valence-corrected chi connectivity index (χ2v) is 7.99. The highest BCUT2D eigenvalue weighted by atomic mass is 19.1. The fraction of sp³-hybridized carbons (Fsp3) is 0.208. The summed E-state index contributed by atoms with van der Waals surface area (Å²) < 4.78 is 25.5. The van der Waals surface area contributed by atoms with Crippen LogP contribution in [-0.4, -0.2) is 46.4 Å². The minimum atomic E-state index is -1.64. The van der Waals surface area contributed by atoms with Crippen LogP contribution in [0.15, 0.2) is 52.1 Å². The van der Waals surface area contributed by atoms with E-state index in [0.29, 0.717) is 9.47 Å². The van der Waals surface area contributed by atoms with Crippen LogP contribution in [0, 0.1) is 5.82 Å². The van der Waals surface area contributed by atoms with E-state index >= 15 is 0 Å². The first-order chi connectivity index (χ1) is 17.3. The average Bonchev–Trinajstić information content (AvgIpc) is 2.78. The standard InChI is InChI=1S/C24H23FN4O8/c1-13(30)36-18-10-17(11-19(12-18)37-14(2)31)28(24(34)35)20-21(26(3)4)29(23(33)27(5)22(20)32)16-8-6-15(25)7-9-16/h6-12H,1-5H3,(H,34,35). The number of benzene rings is 2. The van der Waals surface area contributed by atoms with Gasteiger partial charge >= 0.3 is 23.7 Å². The Kier molecular flexibility index (Phi) is 7.46. The highest BCUT2D eigenvalue weighted by Gasteiger charge is 2.30. The van der Waals surface area contributed by atoms with E-state index in [2.05, 4.69) is 0 Å². The molecule has 0 aliphatic carbocycles. The summed E-state index contributed by atoms with van der Waals surface area (Å²) in [5.74, 6) is -2.51. The molecule has 1 N–H and O–H groups in total. The number of aromatic nitrogens is 2. The van der Waals surface area contributed by atoms with Crippen LogP contribution in [-0.2, 0) is 16.6 Å². The van der Waals surface area contributed by atoms with Gasteiger partial charge in [-0.1, -0.05) is 0 Å². The molecule has 1 aromatic heterocycles. The number of hydrogen-bond donors (Lipinski definition) is 1. The molecule has 0 aliphatic rings. The number of carbonyl (C=O) groups is 3. The molecule has 3 aromatic rings. The lowest BCUT2D eigenvalue weighted by Gasteiger charge is -2.28. The number of ether oxygens (including phenoxy) is 2. The molecule has 0 saturated heterocycles. The summed E-state index contributed by atoms with van der Waals surface area (Å²) in [6.45, 7) is 2.23. The summed E-state index contributed by atoms with van der Waals surface area (Å²) in [6, 6.07) is 8.29. The molecule has 12 nitrogen and oxygen atoms in total. The summed E-state index contributed by atoms with van der Waals surface area (Å²) in [5.41, 5.74) is -2.33. The molecule has 37 heavy (non-hydrogen) atoms. The molecule has 0 aliphatic heterocycles. The second-order valence-electron chi connectivity index (χ2n) is 7.99. The molecule has 0 radical (unpaired) electrons. The maximum atomic E-state index is 13.6. The van der Waals surface area contributed by atoms with Gasteiger partial charge in [-0.3, -0.25) is 19.0 Å². The second kappa shape index (κ2) is 10.4. The van der Waals surface area contributed by atoms with Crippen LogP contribution < -0.4 is 30.5 Å². The van der Waals surface area contributed by atoms with Crippen molar-refractivity contribution in [2.75, 3.05) is 23.9 Å². The van der Waals surface area contributed by atoms with Crippen LogP contribution in [0.25, 0.3) is 5.69 Å². The number of halogens is 1. The average molecular weight is 514 g/mol. The van der Waals surface area contributed by atoms with Gasteiger partial charge in [-0.15, -0.1) is 0 Å². The number of hydrogen-bond acceptors (Lipinski definition) is 8. The number of carboxylic acid groups (broad SMARTS) is 1. The molecule has 13 heteroatoms. The Balaban J connectivity index is 2.44. The Hall–Kier alpha value is -4.94. The lowest BCUT2D eigenvalue weighted by atomic mass is 10.2. The predicted molar refractivity (Wildman–Crippen MR) is 131 cm³/mol. The lowest BCUT2D eigenvalue weighted by molar-refractivity contribution is -0.132. The van der Waals surface area contributed by atoms with Crippen molar-refractivity contribution in [3.05, 3.63) is 69.1 Å². The topological polar surface area (TPSA) is 140 Å². The number of esters is 2. The molecule has 0 atom stereocenters. The van der Waals surface area contributed by atoms with E-state index in [0.717, 1.165) is 49.7 Å². The van der Waals surface area contributed by atoms with Crippen molar-refractivity contribution in [2.45, 2.75) is 13.8 Å². The molecule has 1 heterocycles. The predicted octanol–water partition coefficient (Wildman–Crippen LogP) is 2.41. The lowest BCUT2D eigenvalue weighted by Crippen LogP contribution is -2.44. The molecular weight excluding hydrogens is 491 g/mol. The number of carbonyl (C=O) groups excluding carboxylic acids is 2. The Morgan fingerprint density at radius 3 is 1.86 bits per heavy atom. The fourth-order valence-electron chi connectivity index (χ4n) is 3.59. The van der Waals surface area contributed by atoms with Crippen molar-refractivity contribution in [3.8, 4) is 17.2 Å². The molecule has 0 saturated carbocycles. The third kappa shape index (κ3) is 5.50. The summed E-state index contributed by atoms with van der Waals surface area (Å²) >= 11 is 0. The van der Waals surface area contributed by atoms with Crippen molar-refractivity contribution in [1.29, 1.82) is 0 Å². The van der Waals surface area contributed by atoms with Crippen LogP contribution in [0.2, 0.25) is 0 Å². The first-order valence-electron chi connectivity index (χ1n) is 10.7. The zero-order chi connectivity index (χ0) is 27.6. The quantitative estimate of drug-likeness (QED) is 0.388. The molecular formula is C24H23FN4O8. The van der Waals surface area contributed by atoms with E-state index in [4.69, 9.17) is 9.47 Å². The molecule has 194 valence electrons. The minimum absolute atomic E-state index is 0.144. The van der Waals surface area contributed by atoms with E-state index < -0.39 is 40.8 Å². The Morgan fingerprint density at radius 2 is 1.43 bits per heavy atom. The monoisotopic (exact) mass is 514 g/mol. The fourth-order valence-corrected chi connectivity index (χ4v) is 3.59. The number of anilines is 3. The van der Waals surface area contributed by atoms with Gasteiger partial charge in [-0.05, 0) is 24.3 Å². The van der Waals surface area contributed by atoms with Crippen molar-refractivity contribution in [1.82, 2.24) is 9.13 Å². The van der Waals surface area contributed by atoms with E-state index in [1.165, 1.54) is 37.2 Å². The number of nitrogens with zero attached hydrogens (tertiary/aromatic N) is 4. The van der Waals surface area contributed by atoms with E-state index in [1.54, 1.807) is 0 Å². The van der Waals surface area contributed by atoms with Gasteiger partial charge in [0.2, 0.25) is 0 Å². The van der Waals surface area contributed by atoms with Gasteiger partial charge in [-0.25, -0.2) is 23.4 Å². The molecule has 3 rings (SSSR count). The third-order valence-electron chi connectivity index (χ3n) is 4.98. The molecule has 0 spiro atoms. The largest absolute Gasteiger partial charge is 0.464 e. The van der Waals surface area contributed by atoms with Crippen LogP contribution in [0.1, 0.15) is 13.8 Å². The summed E-state index contributed by atoms with van der Waals surface area (Å²) in [5, 5.41) is 10.2. The van der Waals surface area contributed by atoms with Crippen molar-refractivity contribution < 1.29 is 33.4 Å². The highest BCUT2D eigenvalue weighted by Crippen LogP contribution is 2.36. The van der Waals surface area contributed by atoms with Gasteiger partial charge in [0, 0.05) is 53.2 Å². The number of amides is 1. The SMILES string of the molecule is CC(=O)Oc1cc(OC(C)=O)cc(N(C(=O)O)c2c(N(C)C)n(-c3ccc(F)cc3)c(=O)n(C)c2=O)c1. The Labute approximate surface area is 209 Å². The Bertz CT molecular complexity index is 1470. The van der Waals surface area contributed by atoms with E-state index in [-0.39, 0.29) is 28.7 Å². The van der Waals surface area contributed by atoms with Gasteiger partial charge in [0.05, 0.1) is 11.4 Å². The van der Waals surface area contributed by atoms with Crippen LogP contribution in [0.3, 0.4) is 0 Å². The van der Waals surface area contributed by atoms with Crippen LogP contribution in [0.5, 0.6) is 11.5 Å². The van der Waals surface area contributed by atoms with Gasteiger partial charge in [0.25, 0.3) is 5.56 Å². The van der Waals surface area contributed by atoms with Crippen LogP contribution in [0.4, 0.5) is 26.4 Å². The smallest absolute Gasteiger partial charge is 0.416 e. The van der Waals surface area contributed by atoms with Gasteiger partial charge in [0.15, 0.2) is 5.69 Å². The molecule has 2 aromatic carbocycles. The third-order valence-corrected chi connectivity index (χ3v) is 4.98. The zero-order valence-electron chi connectivity index (χ0n) is 20.5. The van der Waals surface area contributed by atoms with Crippen molar-refractivity contribution in [2.24, 2.45) is 7.05 Å². The maximum Gasteiger partial charge on any atom is 0.416 e. The maximum absolute atomic E-state index is 13.6. The van der Waals surface area contributed by atoms with Gasteiger partial charge in [-0.2, -0.15) is 0 Å². The zero-order valence-corrected chi connectivity index (χ0v) is 20.5. The van der Waals surface area contributed by atoms with Crippen molar-refractivity contribution in [3.63, 3.8) is 0 Å². The molecule has 0 fully saturated rings. The summed E-state index contributed by atoms with van der Waals surface area (Å²) in [6.07, 6.45) is -1.64. The molecule has 1 amide bonds. The van der Waals surface area contributed by atoms with Gasteiger partial charge in [0.1, 0.15) is 23.1 Å². The Morgan fingerprint density at radius 1 is 0.919 bits per heavy atom. The van der Waals surface area contributed by atoms with Gasteiger partial charge < -0.3 is 19.5 Å². The summed E-state index contributed by atoms with van der Waals surface area (Å²) in [7, 11) is 4.13. The minimum Gasteiger partial charge on any atom is -0.464 e. The normalized spacial score (nSPS) is 10.5. The number of rotatable bonds is 6. The summed E-state index contributed by atoms with van der Waals surface area (Å²) in [4.78, 5) is 64.1. The molecule has 0 unspecified atom stereocenters. The molecule has 0 bridgehead atoms. The van der Waals surface area contributed by atoms with E-state index in [9.17, 15) is 33.5 Å². The highest BCUT2D eigenvalue weighted by molar-refractivity contribution is 5.98. The van der Waals surface area contributed by atoms with Crippen molar-refractivity contribution >= 4 is 35.2 Å². The van der Waals surface area contributed by atoms with Crippen LogP contribution >= 0.6 is 0 Å². The van der Waals surface area contributed by atoms with E-state index in [1.807, 2.05) is 0 Å².